The van der Waals surface area contributed by atoms with Gasteiger partial charge >= 0.3 is 0 Å². The second-order valence-electron chi connectivity index (χ2n) is 4.03. The Labute approximate surface area is 83.5 Å². The highest BCUT2D eigenvalue weighted by Crippen LogP contribution is 2.38. The first-order valence-electron chi connectivity index (χ1n) is 4.78. The fourth-order valence-electron chi connectivity index (χ4n) is 1.55. The zero-order valence-electron chi connectivity index (χ0n) is 8.29. The smallest absolute Gasteiger partial charge is 0.119 e. The van der Waals surface area contributed by atoms with Crippen LogP contribution in [0.15, 0.2) is 18.2 Å². The van der Waals surface area contributed by atoms with Gasteiger partial charge in [0.25, 0.3) is 0 Å². The summed E-state index contributed by atoms with van der Waals surface area (Å²) >= 11 is 0. The molecule has 0 aromatic heterocycles. The van der Waals surface area contributed by atoms with E-state index in [0.29, 0.717) is 5.75 Å². The van der Waals surface area contributed by atoms with Crippen molar-refractivity contribution in [3.63, 3.8) is 0 Å². The Morgan fingerprint density at radius 3 is 2.79 bits per heavy atom. The average Bonchev–Trinajstić information content (AvgIpc) is 2.88. The first-order valence-corrected chi connectivity index (χ1v) is 4.78. The molecule has 0 spiro atoms. The lowest BCUT2D eigenvalue weighted by atomic mass is 10.0. The third-order valence-corrected chi connectivity index (χ3v) is 2.72. The second-order valence-corrected chi connectivity index (χ2v) is 4.03. The maximum absolute atomic E-state index is 9.61. The number of phenolic OH excluding ortho intramolecular Hbond substituents is 1. The van der Waals surface area contributed by atoms with Crippen LogP contribution in [0, 0.1) is 0 Å². The summed E-state index contributed by atoms with van der Waals surface area (Å²) in [5, 5.41) is 9.61. The lowest BCUT2D eigenvalue weighted by molar-refractivity contribution is 0.410. The minimum absolute atomic E-state index is 0.0795. The molecule has 3 N–H and O–H groups in total. The number of methoxy groups -OCH3 is 1. The molecule has 1 aliphatic rings. The van der Waals surface area contributed by atoms with E-state index >= 15 is 0 Å². The molecule has 14 heavy (non-hydrogen) atoms. The zero-order valence-corrected chi connectivity index (χ0v) is 8.29. The van der Waals surface area contributed by atoms with E-state index in [9.17, 15) is 5.11 Å². The number of benzene rings is 1. The van der Waals surface area contributed by atoms with Gasteiger partial charge in [-0.25, -0.2) is 0 Å². The third-order valence-electron chi connectivity index (χ3n) is 2.72. The van der Waals surface area contributed by atoms with Gasteiger partial charge in [-0.1, -0.05) is 0 Å². The molecule has 1 fully saturated rings. The molecule has 0 aliphatic heterocycles. The summed E-state index contributed by atoms with van der Waals surface area (Å²) in [5.74, 6) is 1.07. The Hall–Kier alpha value is -1.22. The summed E-state index contributed by atoms with van der Waals surface area (Å²) in [4.78, 5) is 0. The Bertz CT molecular complexity index is 345. The molecule has 0 heterocycles. The van der Waals surface area contributed by atoms with Crippen LogP contribution < -0.4 is 10.5 Å². The Morgan fingerprint density at radius 2 is 2.21 bits per heavy atom. The quantitative estimate of drug-likeness (QED) is 0.763. The van der Waals surface area contributed by atoms with E-state index in [1.165, 1.54) is 0 Å². The summed E-state index contributed by atoms with van der Waals surface area (Å²) < 4.78 is 5.09. The van der Waals surface area contributed by atoms with Crippen LogP contribution in [-0.4, -0.2) is 17.8 Å². The van der Waals surface area contributed by atoms with Crippen molar-refractivity contribution in [3.05, 3.63) is 23.8 Å². The molecule has 1 saturated carbocycles. The Morgan fingerprint density at radius 1 is 1.50 bits per heavy atom. The molecule has 1 aromatic carbocycles. The van der Waals surface area contributed by atoms with Crippen molar-refractivity contribution in [3.8, 4) is 11.5 Å². The second kappa shape index (κ2) is 3.17. The molecule has 0 amide bonds. The van der Waals surface area contributed by atoms with Crippen molar-refractivity contribution >= 4 is 0 Å². The van der Waals surface area contributed by atoms with Gasteiger partial charge in [0.15, 0.2) is 0 Å². The molecule has 3 heteroatoms. The van der Waals surface area contributed by atoms with Gasteiger partial charge in [0.2, 0.25) is 0 Å². The average molecular weight is 193 g/mol. The van der Waals surface area contributed by atoms with Crippen LogP contribution in [0.3, 0.4) is 0 Å². The van der Waals surface area contributed by atoms with Gasteiger partial charge in [-0.15, -0.1) is 0 Å². The maximum atomic E-state index is 9.61. The highest BCUT2D eigenvalue weighted by Gasteiger charge is 2.38. The van der Waals surface area contributed by atoms with E-state index < -0.39 is 0 Å². The van der Waals surface area contributed by atoms with Gasteiger partial charge in [-0.3, -0.25) is 0 Å². The standard InChI is InChI=1S/C11H15NO2/c1-14-9-2-3-10(13)8(6-9)7-11(12)4-5-11/h2-3,6,13H,4-5,7,12H2,1H3. The van der Waals surface area contributed by atoms with Gasteiger partial charge in [0, 0.05) is 5.54 Å². The molecule has 0 atom stereocenters. The van der Waals surface area contributed by atoms with Crippen LogP contribution in [0.4, 0.5) is 0 Å². The Kier molecular flexibility index (Phi) is 2.11. The monoisotopic (exact) mass is 193 g/mol. The predicted octanol–water partition coefficient (Wildman–Crippen LogP) is 1.43. The van der Waals surface area contributed by atoms with Crippen LogP contribution in [0.2, 0.25) is 0 Å². The third kappa shape index (κ3) is 1.82. The molecule has 2 rings (SSSR count). The molecule has 0 bridgehead atoms. The number of rotatable bonds is 3. The molecule has 1 aliphatic carbocycles. The van der Waals surface area contributed by atoms with E-state index in [1.54, 1.807) is 19.2 Å². The largest absolute Gasteiger partial charge is 0.508 e. The van der Waals surface area contributed by atoms with Crippen LogP contribution in [0.25, 0.3) is 0 Å². The number of hydrogen-bond donors (Lipinski definition) is 2. The summed E-state index contributed by atoms with van der Waals surface area (Å²) in [5.41, 5.74) is 6.79. The lowest BCUT2D eigenvalue weighted by Gasteiger charge is -2.11. The molecule has 3 nitrogen and oxygen atoms in total. The highest BCUT2D eigenvalue weighted by atomic mass is 16.5. The van der Waals surface area contributed by atoms with Crippen molar-refractivity contribution in [2.24, 2.45) is 5.73 Å². The molecule has 1 aromatic rings. The molecule has 76 valence electrons. The number of nitrogens with two attached hydrogens (primary N) is 1. The van der Waals surface area contributed by atoms with Crippen LogP contribution in [-0.2, 0) is 6.42 Å². The topological polar surface area (TPSA) is 55.5 Å². The zero-order chi connectivity index (χ0) is 10.2. The van der Waals surface area contributed by atoms with Crippen molar-refractivity contribution in [1.82, 2.24) is 0 Å². The first kappa shape index (κ1) is 9.34. The molecule has 0 unspecified atom stereocenters. The minimum atomic E-state index is -0.0795. The van der Waals surface area contributed by atoms with Gasteiger partial charge < -0.3 is 15.6 Å². The van der Waals surface area contributed by atoms with E-state index in [1.807, 2.05) is 6.07 Å². The van der Waals surface area contributed by atoms with Gasteiger partial charge in [0.1, 0.15) is 11.5 Å². The van der Waals surface area contributed by atoms with E-state index in [-0.39, 0.29) is 5.54 Å². The molecular formula is C11H15NO2. The normalized spacial score (nSPS) is 17.9. The summed E-state index contributed by atoms with van der Waals surface area (Å²) in [6.45, 7) is 0. The summed E-state index contributed by atoms with van der Waals surface area (Å²) in [6.07, 6.45) is 2.82. The van der Waals surface area contributed by atoms with E-state index in [0.717, 1.165) is 30.6 Å². The maximum Gasteiger partial charge on any atom is 0.119 e. The lowest BCUT2D eigenvalue weighted by Crippen LogP contribution is -2.24. The Balaban J connectivity index is 2.22. The van der Waals surface area contributed by atoms with E-state index in [4.69, 9.17) is 10.5 Å². The fourth-order valence-corrected chi connectivity index (χ4v) is 1.55. The molecule has 0 saturated heterocycles. The van der Waals surface area contributed by atoms with Gasteiger partial charge in [-0.2, -0.15) is 0 Å². The van der Waals surface area contributed by atoms with Crippen molar-refractivity contribution in [2.75, 3.05) is 7.11 Å². The number of hydrogen-bond acceptors (Lipinski definition) is 3. The van der Waals surface area contributed by atoms with Crippen molar-refractivity contribution in [1.29, 1.82) is 0 Å². The first-order chi connectivity index (χ1) is 6.63. The van der Waals surface area contributed by atoms with Crippen molar-refractivity contribution < 1.29 is 9.84 Å². The summed E-state index contributed by atoms with van der Waals surface area (Å²) in [7, 11) is 1.62. The molecule has 0 radical (unpaired) electrons. The van der Waals surface area contributed by atoms with Crippen LogP contribution >= 0.6 is 0 Å². The number of ether oxygens (including phenoxy) is 1. The fraction of sp³-hybridized carbons (Fsp3) is 0.455. The number of aromatic hydroxyl groups is 1. The SMILES string of the molecule is COc1ccc(O)c(CC2(N)CC2)c1. The van der Waals surface area contributed by atoms with Gasteiger partial charge in [-0.05, 0) is 43.0 Å². The highest BCUT2D eigenvalue weighted by molar-refractivity contribution is 5.40. The number of phenols is 1. The van der Waals surface area contributed by atoms with Gasteiger partial charge in [0.05, 0.1) is 7.11 Å². The minimum Gasteiger partial charge on any atom is -0.508 e. The molecular weight excluding hydrogens is 178 g/mol. The van der Waals surface area contributed by atoms with Crippen LogP contribution in [0.5, 0.6) is 11.5 Å². The predicted molar refractivity (Wildman–Crippen MR) is 54.5 cm³/mol. The van der Waals surface area contributed by atoms with E-state index in [2.05, 4.69) is 0 Å². The van der Waals surface area contributed by atoms with Crippen LogP contribution in [0.1, 0.15) is 18.4 Å². The summed E-state index contributed by atoms with van der Waals surface area (Å²) in [6, 6.07) is 5.25. The van der Waals surface area contributed by atoms with Crippen molar-refractivity contribution in [2.45, 2.75) is 24.8 Å².